The lowest BCUT2D eigenvalue weighted by Gasteiger charge is -2.16. The van der Waals surface area contributed by atoms with Gasteiger partial charge in [-0.25, -0.2) is 0 Å². The van der Waals surface area contributed by atoms with E-state index in [1.165, 1.54) is 6.08 Å². The maximum absolute atomic E-state index is 11.5. The van der Waals surface area contributed by atoms with Crippen LogP contribution in [0.3, 0.4) is 0 Å². The summed E-state index contributed by atoms with van der Waals surface area (Å²) in [5.74, 6) is 1.23. The summed E-state index contributed by atoms with van der Waals surface area (Å²) in [6.07, 6.45) is 6.68. The van der Waals surface area contributed by atoms with Gasteiger partial charge in [0, 0.05) is 12.6 Å². The fourth-order valence-electron chi connectivity index (χ4n) is 1.69. The van der Waals surface area contributed by atoms with Crippen LogP contribution in [-0.2, 0) is 4.79 Å². The number of hydrogen-bond donors (Lipinski definition) is 2. The normalized spacial score (nSPS) is 14.0. The number of fused-ring (bicyclic) bond motifs is 1. The van der Waals surface area contributed by atoms with E-state index in [2.05, 4.69) is 5.32 Å². The molecule has 1 amide bonds. The van der Waals surface area contributed by atoms with Gasteiger partial charge in [-0.3, -0.25) is 4.79 Å². The molecular formula is C16H19NO4. The van der Waals surface area contributed by atoms with Crippen molar-refractivity contribution in [1.29, 1.82) is 0 Å². The Morgan fingerprint density at radius 1 is 1.33 bits per heavy atom. The highest BCUT2D eigenvalue weighted by Gasteiger charge is 2.13. The van der Waals surface area contributed by atoms with E-state index in [1.54, 1.807) is 26.0 Å². The van der Waals surface area contributed by atoms with Crippen molar-refractivity contribution in [1.82, 2.24) is 5.32 Å². The van der Waals surface area contributed by atoms with Crippen molar-refractivity contribution >= 4 is 12.0 Å². The number of hydrogen-bond acceptors (Lipinski definition) is 4. The Hall–Kier alpha value is -2.27. The van der Waals surface area contributed by atoms with Gasteiger partial charge >= 0.3 is 0 Å². The molecule has 1 aromatic carbocycles. The molecule has 5 heteroatoms. The van der Waals surface area contributed by atoms with Crippen LogP contribution in [0.15, 0.2) is 36.4 Å². The highest BCUT2D eigenvalue weighted by Crippen LogP contribution is 2.32. The van der Waals surface area contributed by atoms with Crippen molar-refractivity contribution in [3.8, 4) is 11.5 Å². The molecule has 1 heterocycles. The molecule has 0 spiro atoms. The molecule has 2 N–H and O–H groups in total. The first kappa shape index (κ1) is 15.1. The smallest absolute Gasteiger partial charge is 0.244 e. The lowest BCUT2D eigenvalue weighted by atomic mass is 10.1. The number of ether oxygens (including phenoxy) is 2. The SMILES string of the molecule is CC(C)(O)CNC(=O)C=CC=Cc1ccc2c(c1)OCO2. The molecule has 21 heavy (non-hydrogen) atoms. The molecule has 0 unspecified atom stereocenters. The van der Waals surface area contributed by atoms with E-state index in [0.29, 0.717) is 0 Å². The molecule has 0 aliphatic carbocycles. The van der Waals surface area contributed by atoms with Gasteiger partial charge in [0.15, 0.2) is 11.5 Å². The molecule has 0 aromatic heterocycles. The van der Waals surface area contributed by atoms with Gasteiger partial charge in [0.05, 0.1) is 5.60 Å². The van der Waals surface area contributed by atoms with Crippen molar-refractivity contribution in [3.63, 3.8) is 0 Å². The monoisotopic (exact) mass is 289 g/mol. The molecule has 5 nitrogen and oxygen atoms in total. The number of nitrogens with one attached hydrogen (secondary N) is 1. The third kappa shape index (κ3) is 4.96. The standard InChI is InChI=1S/C16H19NO4/c1-16(2,19)10-17-15(18)6-4-3-5-12-7-8-13-14(9-12)21-11-20-13/h3-9,19H,10-11H2,1-2H3,(H,17,18). The fourth-order valence-corrected chi connectivity index (χ4v) is 1.69. The van der Waals surface area contributed by atoms with E-state index in [9.17, 15) is 9.90 Å². The lowest BCUT2D eigenvalue weighted by molar-refractivity contribution is -0.117. The molecule has 0 atom stereocenters. The van der Waals surface area contributed by atoms with Crippen molar-refractivity contribution in [2.75, 3.05) is 13.3 Å². The van der Waals surface area contributed by atoms with Gasteiger partial charge in [-0.2, -0.15) is 0 Å². The van der Waals surface area contributed by atoms with Gasteiger partial charge in [0.1, 0.15) is 0 Å². The van der Waals surface area contributed by atoms with Crippen LogP contribution >= 0.6 is 0 Å². The van der Waals surface area contributed by atoms with Crippen LogP contribution in [0.25, 0.3) is 6.08 Å². The summed E-state index contributed by atoms with van der Waals surface area (Å²) in [5, 5.41) is 12.1. The summed E-state index contributed by atoms with van der Waals surface area (Å²) >= 11 is 0. The second kappa shape index (κ2) is 6.45. The molecule has 0 saturated carbocycles. The van der Waals surface area contributed by atoms with Crippen LogP contribution in [0.5, 0.6) is 11.5 Å². The molecule has 0 saturated heterocycles. The van der Waals surface area contributed by atoms with E-state index in [1.807, 2.05) is 24.3 Å². The minimum absolute atomic E-state index is 0.210. The zero-order valence-corrected chi connectivity index (χ0v) is 12.1. The van der Waals surface area contributed by atoms with Crippen molar-refractivity contribution < 1.29 is 19.4 Å². The topological polar surface area (TPSA) is 67.8 Å². The maximum Gasteiger partial charge on any atom is 0.244 e. The molecule has 0 bridgehead atoms. The lowest BCUT2D eigenvalue weighted by Crippen LogP contribution is -2.37. The average molecular weight is 289 g/mol. The minimum Gasteiger partial charge on any atom is -0.454 e. The zero-order chi connectivity index (χ0) is 15.3. The summed E-state index contributed by atoms with van der Waals surface area (Å²) in [6, 6.07) is 5.63. The van der Waals surface area contributed by atoms with Crippen LogP contribution in [-0.4, -0.2) is 30.0 Å². The predicted molar refractivity (Wildman–Crippen MR) is 80.0 cm³/mol. The Morgan fingerprint density at radius 2 is 2.10 bits per heavy atom. The van der Waals surface area contributed by atoms with Crippen LogP contribution in [0, 0.1) is 0 Å². The van der Waals surface area contributed by atoms with Crippen LogP contribution in [0.1, 0.15) is 19.4 Å². The van der Waals surface area contributed by atoms with Crippen molar-refractivity contribution in [2.45, 2.75) is 19.4 Å². The highest BCUT2D eigenvalue weighted by atomic mass is 16.7. The molecule has 1 aliphatic rings. The van der Waals surface area contributed by atoms with Crippen LogP contribution in [0.2, 0.25) is 0 Å². The molecule has 1 aliphatic heterocycles. The average Bonchev–Trinajstić information content (AvgIpc) is 2.88. The third-order valence-corrected chi connectivity index (χ3v) is 2.74. The number of carbonyl (C=O) groups excluding carboxylic acids is 1. The number of amides is 1. The number of allylic oxidation sites excluding steroid dienone is 2. The summed E-state index contributed by atoms with van der Waals surface area (Å²) in [7, 11) is 0. The van der Waals surface area contributed by atoms with E-state index in [0.717, 1.165) is 17.1 Å². The van der Waals surface area contributed by atoms with Crippen LogP contribution < -0.4 is 14.8 Å². The molecular weight excluding hydrogens is 270 g/mol. The quantitative estimate of drug-likeness (QED) is 0.641. The van der Waals surface area contributed by atoms with Gasteiger partial charge < -0.3 is 19.9 Å². The summed E-state index contributed by atoms with van der Waals surface area (Å²) < 4.78 is 10.5. The molecule has 112 valence electrons. The fraction of sp³-hybridized carbons (Fsp3) is 0.312. The van der Waals surface area contributed by atoms with Gasteiger partial charge in [-0.05, 0) is 31.5 Å². The molecule has 0 radical (unpaired) electrons. The second-order valence-electron chi connectivity index (χ2n) is 5.36. The third-order valence-electron chi connectivity index (χ3n) is 2.74. The van der Waals surface area contributed by atoms with Gasteiger partial charge in [-0.1, -0.05) is 24.3 Å². The van der Waals surface area contributed by atoms with E-state index in [-0.39, 0.29) is 19.2 Å². The Bertz CT molecular complexity index is 570. The first-order valence-electron chi connectivity index (χ1n) is 6.69. The summed E-state index contributed by atoms with van der Waals surface area (Å²) in [4.78, 5) is 11.5. The maximum atomic E-state index is 11.5. The first-order chi connectivity index (χ1) is 9.94. The largest absolute Gasteiger partial charge is 0.454 e. The highest BCUT2D eigenvalue weighted by molar-refractivity contribution is 5.87. The first-order valence-corrected chi connectivity index (χ1v) is 6.69. The molecule has 1 aromatic rings. The molecule has 0 fully saturated rings. The number of aliphatic hydroxyl groups is 1. The van der Waals surface area contributed by atoms with Crippen molar-refractivity contribution in [3.05, 3.63) is 42.0 Å². The Balaban J connectivity index is 1.84. The minimum atomic E-state index is -0.911. The number of rotatable bonds is 5. The van der Waals surface area contributed by atoms with E-state index in [4.69, 9.17) is 9.47 Å². The Kier molecular flexibility index (Phi) is 4.65. The van der Waals surface area contributed by atoms with Gasteiger partial charge in [0.25, 0.3) is 0 Å². The predicted octanol–water partition coefficient (Wildman–Crippen LogP) is 1.87. The number of benzene rings is 1. The van der Waals surface area contributed by atoms with Crippen molar-refractivity contribution in [2.24, 2.45) is 0 Å². The van der Waals surface area contributed by atoms with Crippen LogP contribution in [0.4, 0.5) is 0 Å². The zero-order valence-electron chi connectivity index (χ0n) is 12.1. The molecule has 2 rings (SSSR count). The Morgan fingerprint density at radius 3 is 2.86 bits per heavy atom. The number of carbonyl (C=O) groups is 1. The van der Waals surface area contributed by atoms with Gasteiger partial charge in [-0.15, -0.1) is 0 Å². The summed E-state index contributed by atoms with van der Waals surface area (Å²) in [5.41, 5.74) is 0.0482. The van der Waals surface area contributed by atoms with E-state index < -0.39 is 5.60 Å². The summed E-state index contributed by atoms with van der Waals surface area (Å²) in [6.45, 7) is 3.74. The van der Waals surface area contributed by atoms with Gasteiger partial charge in [0.2, 0.25) is 12.7 Å². The van der Waals surface area contributed by atoms with E-state index >= 15 is 0 Å². The second-order valence-corrected chi connectivity index (χ2v) is 5.36. The Labute approximate surface area is 123 Å².